The molecule has 2 nitrogen and oxygen atoms in total. The molecule has 0 heterocycles. The standard InChI is InChI=1S/C26H16Br6O2S/c1-13-19(27)23(31)21(29)17(15-9-5-3-6-10-15)25(13)35(33,34)26-14(2)20(28)24(32)22(30)18(26)16-11-7-4-8-12-16/h3-12H,1-2H3. The molecular formula is C26H16Br6O2S. The Morgan fingerprint density at radius 3 is 1.11 bits per heavy atom. The second-order valence-corrected chi connectivity index (χ2v) is 14.4. The zero-order valence-electron chi connectivity index (χ0n) is 18.3. The molecule has 0 aliphatic carbocycles. The predicted octanol–water partition coefficient (Wildman–Crippen LogP) is 11.0. The largest absolute Gasteiger partial charge is 0.218 e. The van der Waals surface area contributed by atoms with Crippen molar-refractivity contribution in [3.8, 4) is 22.3 Å². The van der Waals surface area contributed by atoms with Crippen LogP contribution >= 0.6 is 95.6 Å². The fourth-order valence-electron chi connectivity index (χ4n) is 4.01. The predicted molar refractivity (Wildman–Crippen MR) is 165 cm³/mol. The van der Waals surface area contributed by atoms with E-state index in [-0.39, 0.29) is 9.79 Å². The number of hydrogen-bond donors (Lipinski definition) is 0. The van der Waals surface area contributed by atoms with Gasteiger partial charge in [0.05, 0.1) is 9.79 Å². The van der Waals surface area contributed by atoms with E-state index >= 15 is 0 Å². The van der Waals surface area contributed by atoms with Crippen molar-refractivity contribution in [2.75, 3.05) is 0 Å². The summed E-state index contributed by atoms with van der Waals surface area (Å²) >= 11 is 21.8. The van der Waals surface area contributed by atoms with Gasteiger partial charge in [-0.05, 0) is 132 Å². The molecule has 0 saturated heterocycles. The van der Waals surface area contributed by atoms with Gasteiger partial charge in [-0.1, -0.05) is 60.7 Å². The summed E-state index contributed by atoms with van der Waals surface area (Å²) in [4.78, 5) is 0.485. The Morgan fingerprint density at radius 1 is 0.486 bits per heavy atom. The monoisotopic (exact) mass is 866 g/mol. The number of sulfone groups is 1. The van der Waals surface area contributed by atoms with Crippen LogP contribution in [0.25, 0.3) is 22.3 Å². The summed E-state index contributed by atoms with van der Waals surface area (Å²) in [6.45, 7) is 3.64. The first-order chi connectivity index (χ1) is 16.5. The molecule has 0 amide bonds. The van der Waals surface area contributed by atoms with Crippen LogP contribution in [0.3, 0.4) is 0 Å². The lowest BCUT2D eigenvalue weighted by Crippen LogP contribution is -2.12. The van der Waals surface area contributed by atoms with E-state index in [0.29, 0.717) is 40.1 Å². The van der Waals surface area contributed by atoms with E-state index in [1.165, 1.54) is 0 Å². The van der Waals surface area contributed by atoms with Gasteiger partial charge in [0.2, 0.25) is 9.84 Å². The second kappa shape index (κ2) is 10.8. The van der Waals surface area contributed by atoms with Crippen LogP contribution in [0.2, 0.25) is 0 Å². The van der Waals surface area contributed by atoms with Crippen molar-refractivity contribution >= 4 is 105 Å². The molecule has 0 aliphatic rings. The van der Waals surface area contributed by atoms with E-state index in [1.807, 2.05) is 74.5 Å². The number of rotatable bonds is 4. The van der Waals surface area contributed by atoms with Crippen molar-refractivity contribution in [1.82, 2.24) is 0 Å². The maximum absolute atomic E-state index is 14.8. The Labute approximate surface area is 255 Å². The zero-order valence-corrected chi connectivity index (χ0v) is 28.6. The van der Waals surface area contributed by atoms with Gasteiger partial charge in [0.15, 0.2) is 0 Å². The van der Waals surface area contributed by atoms with Crippen molar-refractivity contribution in [1.29, 1.82) is 0 Å². The summed E-state index contributed by atoms with van der Waals surface area (Å²) in [5.74, 6) is 0. The van der Waals surface area contributed by atoms with Crippen LogP contribution in [-0.2, 0) is 9.84 Å². The van der Waals surface area contributed by atoms with E-state index < -0.39 is 9.84 Å². The molecule has 0 bridgehead atoms. The van der Waals surface area contributed by atoms with Crippen molar-refractivity contribution in [3.63, 3.8) is 0 Å². The van der Waals surface area contributed by atoms with Crippen LogP contribution in [0.15, 0.2) is 97.3 Å². The van der Waals surface area contributed by atoms with Gasteiger partial charge in [0.25, 0.3) is 0 Å². The minimum absolute atomic E-state index is 0.243. The molecule has 4 rings (SSSR count). The topological polar surface area (TPSA) is 34.1 Å². The van der Waals surface area contributed by atoms with E-state index in [4.69, 9.17) is 0 Å². The lowest BCUT2D eigenvalue weighted by molar-refractivity contribution is 0.595. The molecule has 0 saturated carbocycles. The van der Waals surface area contributed by atoms with E-state index in [2.05, 4.69) is 95.6 Å². The highest BCUT2D eigenvalue weighted by atomic mass is 79.9. The minimum Gasteiger partial charge on any atom is -0.218 e. The van der Waals surface area contributed by atoms with E-state index in [1.54, 1.807) is 0 Å². The Kier molecular flexibility index (Phi) is 8.58. The van der Waals surface area contributed by atoms with Crippen LogP contribution in [-0.4, -0.2) is 8.42 Å². The molecular weight excluding hydrogens is 856 g/mol. The molecule has 0 aromatic heterocycles. The molecule has 0 fully saturated rings. The van der Waals surface area contributed by atoms with Crippen LogP contribution in [0.1, 0.15) is 11.1 Å². The maximum atomic E-state index is 14.8. The molecule has 180 valence electrons. The zero-order chi connectivity index (χ0) is 25.7. The molecule has 4 aromatic rings. The smallest absolute Gasteiger partial charge is 0.208 e. The average molecular weight is 872 g/mol. The highest BCUT2D eigenvalue weighted by molar-refractivity contribution is 9.15. The lowest BCUT2D eigenvalue weighted by Gasteiger charge is -2.23. The number of halogens is 6. The van der Waals surface area contributed by atoms with Crippen molar-refractivity contribution in [2.45, 2.75) is 23.6 Å². The van der Waals surface area contributed by atoms with Crippen molar-refractivity contribution < 1.29 is 8.42 Å². The molecule has 9 heteroatoms. The number of benzene rings is 4. The first-order valence-electron chi connectivity index (χ1n) is 10.2. The first kappa shape index (κ1) is 27.7. The van der Waals surface area contributed by atoms with Crippen LogP contribution in [0, 0.1) is 13.8 Å². The van der Waals surface area contributed by atoms with Gasteiger partial charge in [0, 0.05) is 38.0 Å². The van der Waals surface area contributed by atoms with E-state index in [9.17, 15) is 8.42 Å². The molecule has 0 aliphatic heterocycles. The summed E-state index contributed by atoms with van der Waals surface area (Å²) < 4.78 is 33.8. The van der Waals surface area contributed by atoms with Gasteiger partial charge in [0.1, 0.15) is 0 Å². The highest BCUT2D eigenvalue weighted by Crippen LogP contribution is 2.51. The molecule has 0 radical (unpaired) electrons. The van der Waals surface area contributed by atoms with Crippen molar-refractivity contribution in [2.24, 2.45) is 0 Å². The molecule has 0 atom stereocenters. The van der Waals surface area contributed by atoms with Gasteiger partial charge in [-0.3, -0.25) is 0 Å². The Bertz CT molecular complexity index is 1450. The molecule has 35 heavy (non-hydrogen) atoms. The molecule has 0 spiro atoms. The quantitative estimate of drug-likeness (QED) is 0.192. The number of hydrogen-bond acceptors (Lipinski definition) is 2. The minimum atomic E-state index is -4.04. The van der Waals surface area contributed by atoms with Gasteiger partial charge in [-0.2, -0.15) is 0 Å². The highest BCUT2D eigenvalue weighted by Gasteiger charge is 2.35. The Morgan fingerprint density at radius 2 is 0.800 bits per heavy atom. The third-order valence-corrected chi connectivity index (χ3v) is 15.0. The Hall–Kier alpha value is -0.290. The SMILES string of the molecule is Cc1c(Br)c(Br)c(Br)c(-c2ccccc2)c1S(=O)(=O)c1c(C)c(Br)c(Br)c(Br)c1-c1ccccc1. The first-order valence-corrected chi connectivity index (χ1v) is 16.4. The summed E-state index contributed by atoms with van der Waals surface area (Å²) in [5.41, 5.74) is 4.03. The van der Waals surface area contributed by atoms with Crippen molar-refractivity contribution in [3.05, 3.63) is 98.6 Å². The van der Waals surface area contributed by atoms with Gasteiger partial charge in [-0.15, -0.1) is 0 Å². The summed E-state index contributed by atoms with van der Waals surface area (Å²) in [6.07, 6.45) is 0. The van der Waals surface area contributed by atoms with Gasteiger partial charge >= 0.3 is 0 Å². The van der Waals surface area contributed by atoms with Crippen LogP contribution < -0.4 is 0 Å². The fourth-order valence-corrected chi connectivity index (χ4v) is 10.3. The summed E-state index contributed by atoms with van der Waals surface area (Å²) in [7, 11) is -4.04. The molecule has 4 aromatic carbocycles. The maximum Gasteiger partial charge on any atom is 0.208 e. The lowest BCUT2D eigenvalue weighted by atomic mass is 10.0. The Balaban J connectivity index is 2.22. The molecule has 0 unspecified atom stereocenters. The third-order valence-electron chi connectivity index (χ3n) is 5.67. The third kappa shape index (κ3) is 4.84. The van der Waals surface area contributed by atoms with E-state index in [0.717, 1.165) is 20.1 Å². The summed E-state index contributed by atoms with van der Waals surface area (Å²) in [5, 5.41) is 0. The average Bonchev–Trinajstić information content (AvgIpc) is 2.86. The molecule has 0 N–H and O–H groups in total. The van der Waals surface area contributed by atoms with Gasteiger partial charge in [-0.25, -0.2) is 8.42 Å². The van der Waals surface area contributed by atoms with Crippen LogP contribution in [0.5, 0.6) is 0 Å². The normalized spacial score (nSPS) is 11.7. The second-order valence-electron chi connectivity index (χ2n) is 7.78. The van der Waals surface area contributed by atoms with Gasteiger partial charge < -0.3 is 0 Å². The van der Waals surface area contributed by atoms with Crippen LogP contribution in [0.4, 0.5) is 0 Å². The summed E-state index contributed by atoms with van der Waals surface area (Å²) in [6, 6.07) is 19.1. The fraction of sp³-hybridized carbons (Fsp3) is 0.0769.